The van der Waals surface area contributed by atoms with E-state index in [1.54, 1.807) is 12.1 Å². The standard InChI is InChI=1S/C26H31FN2O4/c1-26(2,3)33-25(31)28-20-12-13-22(32-16-20)24(30)29-15-14-17-6-4-5-7-21(17)23(29)18-8-10-19(27)11-9-18/h4-11,20,22-23H,12-16H2,1-3H3,(H,28,31)/t20-,22+,23+/m1/s1. The van der Waals surface area contributed by atoms with Crippen LogP contribution in [0.5, 0.6) is 0 Å². The summed E-state index contributed by atoms with van der Waals surface area (Å²) < 4.78 is 24.8. The highest BCUT2D eigenvalue weighted by atomic mass is 19.1. The first-order valence-corrected chi connectivity index (χ1v) is 11.5. The lowest BCUT2D eigenvalue weighted by atomic mass is 9.87. The molecule has 2 aromatic carbocycles. The Balaban J connectivity index is 1.46. The van der Waals surface area contributed by atoms with Crippen LogP contribution in [-0.4, -0.2) is 47.8 Å². The van der Waals surface area contributed by atoms with Crippen LogP contribution < -0.4 is 5.32 Å². The summed E-state index contributed by atoms with van der Waals surface area (Å²) in [6.07, 6.45) is 0.837. The second kappa shape index (κ2) is 9.51. The van der Waals surface area contributed by atoms with Crippen LogP contribution >= 0.6 is 0 Å². The molecule has 6 nitrogen and oxygen atoms in total. The zero-order valence-electron chi connectivity index (χ0n) is 19.3. The van der Waals surface area contributed by atoms with Crippen molar-refractivity contribution in [3.63, 3.8) is 0 Å². The molecule has 0 radical (unpaired) electrons. The van der Waals surface area contributed by atoms with E-state index in [1.165, 1.54) is 17.7 Å². The van der Waals surface area contributed by atoms with Gasteiger partial charge in [-0.1, -0.05) is 36.4 Å². The summed E-state index contributed by atoms with van der Waals surface area (Å²) >= 11 is 0. The van der Waals surface area contributed by atoms with Gasteiger partial charge in [0.1, 0.15) is 17.5 Å². The molecule has 4 rings (SSSR count). The third-order valence-corrected chi connectivity index (χ3v) is 6.02. The zero-order valence-corrected chi connectivity index (χ0v) is 19.3. The summed E-state index contributed by atoms with van der Waals surface area (Å²) in [7, 11) is 0. The van der Waals surface area contributed by atoms with Crippen molar-refractivity contribution in [2.24, 2.45) is 0 Å². The second-order valence-corrected chi connectivity index (χ2v) is 9.68. The monoisotopic (exact) mass is 454 g/mol. The largest absolute Gasteiger partial charge is 0.444 e. The fourth-order valence-corrected chi connectivity index (χ4v) is 4.53. The SMILES string of the molecule is CC(C)(C)OC(=O)N[C@@H]1CC[C@@H](C(=O)N2CCc3ccccc3[C@@H]2c2ccc(F)cc2)OC1. The molecule has 0 bridgehead atoms. The van der Waals surface area contributed by atoms with E-state index < -0.39 is 17.8 Å². The number of nitrogens with zero attached hydrogens (tertiary/aromatic N) is 1. The summed E-state index contributed by atoms with van der Waals surface area (Å²) in [5.74, 6) is -0.380. The highest BCUT2D eigenvalue weighted by Gasteiger charge is 2.37. The minimum Gasteiger partial charge on any atom is -0.444 e. The fourth-order valence-electron chi connectivity index (χ4n) is 4.53. The molecule has 1 saturated heterocycles. The topological polar surface area (TPSA) is 67.9 Å². The minimum atomic E-state index is -0.574. The molecule has 0 aliphatic carbocycles. The highest BCUT2D eigenvalue weighted by molar-refractivity contribution is 5.82. The number of alkyl carbamates (subject to hydrolysis) is 1. The van der Waals surface area contributed by atoms with Gasteiger partial charge in [-0.2, -0.15) is 0 Å². The molecule has 33 heavy (non-hydrogen) atoms. The Bertz CT molecular complexity index is 994. The lowest BCUT2D eigenvalue weighted by Crippen LogP contribution is -2.51. The van der Waals surface area contributed by atoms with Crippen molar-refractivity contribution in [3.8, 4) is 0 Å². The van der Waals surface area contributed by atoms with E-state index >= 15 is 0 Å². The van der Waals surface area contributed by atoms with Crippen molar-refractivity contribution >= 4 is 12.0 Å². The smallest absolute Gasteiger partial charge is 0.407 e. The van der Waals surface area contributed by atoms with Crippen LogP contribution in [-0.2, 0) is 20.7 Å². The third kappa shape index (κ3) is 5.53. The lowest BCUT2D eigenvalue weighted by molar-refractivity contribution is -0.149. The summed E-state index contributed by atoms with van der Waals surface area (Å²) in [6, 6.07) is 13.9. The normalized spacial score (nSPS) is 22.9. The Morgan fingerprint density at radius 3 is 2.48 bits per heavy atom. The molecule has 2 aliphatic heterocycles. The van der Waals surface area contributed by atoms with Gasteiger partial charge >= 0.3 is 6.09 Å². The van der Waals surface area contributed by atoms with Gasteiger partial charge in [0.15, 0.2) is 0 Å². The maximum atomic E-state index is 13.6. The van der Waals surface area contributed by atoms with E-state index in [9.17, 15) is 14.0 Å². The number of amides is 2. The summed E-state index contributed by atoms with van der Waals surface area (Å²) in [5.41, 5.74) is 2.56. The molecule has 0 saturated carbocycles. The van der Waals surface area contributed by atoms with Crippen molar-refractivity contribution in [1.82, 2.24) is 10.2 Å². The van der Waals surface area contributed by atoms with Gasteiger partial charge in [0.05, 0.1) is 18.7 Å². The number of carbonyl (C=O) groups excluding carboxylic acids is 2. The Hall–Kier alpha value is -2.93. The number of nitrogens with one attached hydrogen (secondary N) is 1. The maximum absolute atomic E-state index is 13.6. The van der Waals surface area contributed by atoms with Crippen molar-refractivity contribution in [2.75, 3.05) is 13.2 Å². The number of carbonyl (C=O) groups is 2. The molecule has 2 aliphatic rings. The van der Waals surface area contributed by atoms with E-state index in [4.69, 9.17) is 9.47 Å². The van der Waals surface area contributed by atoms with Crippen molar-refractivity contribution in [3.05, 3.63) is 71.0 Å². The minimum absolute atomic E-state index is 0.0745. The highest BCUT2D eigenvalue weighted by Crippen LogP contribution is 2.36. The predicted octanol–water partition coefficient (Wildman–Crippen LogP) is 4.37. The second-order valence-electron chi connectivity index (χ2n) is 9.68. The zero-order chi connectivity index (χ0) is 23.6. The molecule has 7 heteroatoms. The molecular formula is C26H31FN2O4. The van der Waals surface area contributed by atoms with Gasteiger partial charge in [-0.25, -0.2) is 9.18 Å². The Morgan fingerprint density at radius 1 is 1.09 bits per heavy atom. The first-order valence-electron chi connectivity index (χ1n) is 11.5. The maximum Gasteiger partial charge on any atom is 0.407 e. The Kier molecular flexibility index (Phi) is 6.70. The van der Waals surface area contributed by atoms with Crippen LogP contribution in [0.4, 0.5) is 9.18 Å². The molecule has 0 aromatic heterocycles. The van der Waals surface area contributed by atoms with Crippen LogP contribution in [0.2, 0.25) is 0 Å². The van der Waals surface area contributed by atoms with Crippen molar-refractivity contribution in [2.45, 2.75) is 63.8 Å². The number of ether oxygens (including phenoxy) is 2. The number of halogens is 1. The Labute approximate surface area is 194 Å². The molecular weight excluding hydrogens is 423 g/mol. The number of hydrogen-bond acceptors (Lipinski definition) is 4. The van der Waals surface area contributed by atoms with E-state index in [2.05, 4.69) is 11.4 Å². The number of benzene rings is 2. The number of hydrogen-bond donors (Lipinski definition) is 1. The molecule has 3 atom stereocenters. The van der Waals surface area contributed by atoms with E-state index in [0.717, 1.165) is 17.5 Å². The Morgan fingerprint density at radius 2 is 1.82 bits per heavy atom. The van der Waals surface area contributed by atoms with Gasteiger partial charge in [-0.3, -0.25) is 4.79 Å². The van der Waals surface area contributed by atoms with E-state index in [0.29, 0.717) is 19.4 Å². The predicted molar refractivity (Wildman–Crippen MR) is 122 cm³/mol. The molecule has 0 spiro atoms. The summed E-state index contributed by atoms with van der Waals surface area (Å²) in [5, 5.41) is 2.82. The van der Waals surface area contributed by atoms with E-state index in [-0.39, 0.29) is 30.4 Å². The summed E-state index contributed by atoms with van der Waals surface area (Å²) in [4.78, 5) is 27.4. The molecule has 1 fully saturated rings. The van der Waals surface area contributed by atoms with Crippen LogP contribution in [0.25, 0.3) is 0 Å². The van der Waals surface area contributed by atoms with Crippen LogP contribution in [0.1, 0.15) is 56.3 Å². The molecule has 2 heterocycles. The first kappa shape index (κ1) is 23.2. The van der Waals surface area contributed by atoms with Gasteiger partial charge < -0.3 is 19.7 Å². The van der Waals surface area contributed by atoms with Crippen molar-refractivity contribution < 1.29 is 23.5 Å². The van der Waals surface area contributed by atoms with Crippen LogP contribution in [0.3, 0.4) is 0 Å². The molecule has 2 amide bonds. The summed E-state index contributed by atoms with van der Waals surface area (Å²) in [6.45, 7) is 6.26. The molecule has 2 aromatic rings. The number of rotatable bonds is 3. The number of fused-ring (bicyclic) bond motifs is 1. The van der Waals surface area contributed by atoms with Gasteiger partial charge in [0, 0.05) is 6.54 Å². The van der Waals surface area contributed by atoms with Gasteiger partial charge in [-0.05, 0) is 68.9 Å². The lowest BCUT2D eigenvalue weighted by Gasteiger charge is -2.40. The van der Waals surface area contributed by atoms with Crippen molar-refractivity contribution in [1.29, 1.82) is 0 Å². The molecule has 1 N–H and O–H groups in total. The van der Waals surface area contributed by atoms with Gasteiger partial charge in [0.2, 0.25) is 0 Å². The average Bonchev–Trinajstić information content (AvgIpc) is 2.78. The van der Waals surface area contributed by atoms with Crippen LogP contribution in [0, 0.1) is 5.82 Å². The van der Waals surface area contributed by atoms with E-state index in [1.807, 2.05) is 43.9 Å². The van der Waals surface area contributed by atoms with Crippen LogP contribution in [0.15, 0.2) is 48.5 Å². The first-order chi connectivity index (χ1) is 15.7. The van der Waals surface area contributed by atoms with Gasteiger partial charge in [-0.15, -0.1) is 0 Å². The molecule has 176 valence electrons. The molecule has 0 unspecified atom stereocenters. The fraction of sp³-hybridized carbons (Fsp3) is 0.462. The van der Waals surface area contributed by atoms with Gasteiger partial charge in [0.25, 0.3) is 5.91 Å². The average molecular weight is 455 g/mol. The third-order valence-electron chi connectivity index (χ3n) is 6.02. The quantitative estimate of drug-likeness (QED) is 0.748.